The molecule has 0 saturated heterocycles. The fourth-order valence-electron chi connectivity index (χ4n) is 2.58. The quantitative estimate of drug-likeness (QED) is 0.736. The zero-order valence-electron chi connectivity index (χ0n) is 12.5. The summed E-state index contributed by atoms with van der Waals surface area (Å²) in [5.41, 5.74) is 1.81. The maximum atomic E-state index is 11.0. The van der Waals surface area contributed by atoms with Crippen LogP contribution in [-0.4, -0.2) is 23.2 Å². The molecule has 0 bridgehead atoms. The molecule has 0 aliphatic rings. The number of carboxylic acid groups (broad SMARTS) is 1. The number of aliphatic carboxylic acids is 1. The Labute approximate surface area is 131 Å². The second kappa shape index (κ2) is 7.57. The van der Waals surface area contributed by atoms with E-state index in [1.165, 1.54) is 0 Å². The van der Waals surface area contributed by atoms with Crippen molar-refractivity contribution in [3.63, 3.8) is 0 Å². The first-order valence-corrected chi connectivity index (χ1v) is 7.32. The van der Waals surface area contributed by atoms with Gasteiger partial charge in [0.1, 0.15) is 0 Å². The van der Waals surface area contributed by atoms with Gasteiger partial charge in [-0.05, 0) is 24.0 Å². The van der Waals surface area contributed by atoms with Gasteiger partial charge in [-0.3, -0.25) is 10.1 Å². The number of carboxylic acids is 1. The van der Waals surface area contributed by atoms with Crippen LogP contribution in [0.3, 0.4) is 0 Å². The van der Waals surface area contributed by atoms with Crippen molar-refractivity contribution >= 4 is 5.97 Å². The van der Waals surface area contributed by atoms with Crippen LogP contribution in [0.15, 0.2) is 73.3 Å². The van der Waals surface area contributed by atoms with E-state index in [1.807, 2.05) is 66.7 Å². The topological polar surface area (TPSA) is 49.3 Å². The van der Waals surface area contributed by atoms with Gasteiger partial charge < -0.3 is 5.11 Å². The van der Waals surface area contributed by atoms with Gasteiger partial charge in [-0.25, -0.2) is 0 Å². The van der Waals surface area contributed by atoms with Crippen molar-refractivity contribution in [2.75, 3.05) is 6.54 Å². The Morgan fingerprint density at radius 2 is 1.45 bits per heavy atom. The fourth-order valence-corrected chi connectivity index (χ4v) is 2.58. The van der Waals surface area contributed by atoms with Crippen LogP contribution < -0.4 is 5.32 Å². The highest BCUT2D eigenvalue weighted by molar-refractivity contribution is 5.69. The van der Waals surface area contributed by atoms with Crippen molar-refractivity contribution in [3.8, 4) is 0 Å². The lowest BCUT2D eigenvalue weighted by Crippen LogP contribution is -2.49. The molecule has 2 aromatic carbocycles. The monoisotopic (exact) mass is 295 g/mol. The Hall–Kier alpha value is -2.39. The van der Waals surface area contributed by atoms with Gasteiger partial charge >= 0.3 is 5.97 Å². The molecule has 0 unspecified atom stereocenters. The lowest BCUT2D eigenvalue weighted by Gasteiger charge is -2.32. The molecule has 2 N–H and O–H groups in total. The second-order valence-electron chi connectivity index (χ2n) is 5.43. The molecular weight excluding hydrogens is 274 g/mol. The number of hydrogen-bond acceptors (Lipinski definition) is 2. The highest BCUT2D eigenvalue weighted by Gasteiger charge is 2.27. The van der Waals surface area contributed by atoms with E-state index >= 15 is 0 Å². The number of carbonyl (C=O) groups is 1. The summed E-state index contributed by atoms with van der Waals surface area (Å²) in [7, 11) is 0. The summed E-state index contributed by atoms with van der Waals surface area (Å²) in [5.74, 6) is -0.868. The van der Waals surface area contributed by atoms with Crippen molar-refractivity contribution in [1.82, 2.24) is 5.32 Å². The molecule has 2 aromatic rings. The molecule has 0 atom stereocenters. The fraction of sp³-hybridized carbons (Fsp3) is 0.211. The van der Waals surface area contributed by atoms with E-state index in [1.54, 1.807) is 0 Å². The molecule has 3 heteroatoms. The Bertz CT molecular complexity index is 566. The summed E-state index contributed by atoms with van der Waals surface area (Å²) < 4.78 is 0. The zero-order chi connectivity index (χ0) is 15.8. The Balaban J connectivity index is 2.25. The first kappa shape index (κ1) is 16.0. The predicted molar refractivity (Wildman–Crippen MR) is 88.9 cm³/mol. The first-order valence-electron chi connectivity index (χ1n) is 7.32. The average molecular weight is 295 g/mol. The van der Waals surface area contributed by atoms with E-state index in [4.69, 9.17) is 5.11 Å². The third-order valence-electron chi connectivity index (χ3n) is 3.71. The SMILES string of the molecule is C=CC(Cc1ccccc1)(Cc1ccccc1)NCC(=O)O. The Morgan fingerprint density at radius 3 is 1.82 bits per heavy atom. The van der Waals surface area contributed by atoms with Gasteiger partial charge in [-0.15, -0.1) is 6.58 Å². The predicted octanol–water partition coefficient (Wildman–Crippen LogP) is 3.07. The molecule has 22 heavy (non-hydrogen) atoms. The minimum atomic E-state index is -0.868. The molecule has 0 saturated carbocycles. The summed E-state index contributed by atoms with van der Waals surface area (Å²) in [6.45, 7) is 3.86. The van der Waals surface area contributed by atoms with Crippen LogP contribution in [0.25, 0.3) is 0 Å². The van der Waals surface area contributed by atoms with Crippen LogP contribution in [0.2, 0.25) is 0 Å². The van der Waals surface area contributed by atoms with E-state index < -0.39 is 11.5 Å². The molecule has 0 amide bonds. The van der Waals surface area contributed by atoms with Gasteiger partial charge in [0.05, 0.1) is 6.54 Å². The summed E-state index contributed by atoms with van der Waals surface area (Å²) in [4.78, 5) is 11.0. The van der Waals surface area contributed by atoms with Crippen molar-refractivity contribution in [2.45, 2.75) is 18.4 Å². The molecule has 3 nitrogen and oxygen atoms in total. The minimum absolute atomic E-state index is 0.0916. The summed E-state index contributed by atoms with van der Waals surface area (Å²) in [5, 5.41) is 12.2. The van der Waals surface area contributed by atoms with Crippen LogP contribution in [0.5, 0.6) is 0 Å². The van der Waals surface area contributed by atoms with Crippen molar-refractivity contribution < 1.29 is 9.90 Å². The van der Waals surface area contributed by atoms with Crippen LogP contribution >= 0.6 is 0 Å². The van der Waals surface area contributed by atoms with Gasteiger partial charge in [0.15, 0.2) is 0 Å². The normalized spacial score (nSPS) is 11.1. The molecule has 0 fully saturated rings. The van der Waals surface area contributed by atoms with Gasteiger partial charge in [-0.2, -0.15) is 0 Å². The standard InChI is InChI=1S/C19H21NO2/c1-2-19(20-15-18(21)22,13-16-9-5-3-6-10-16)14-17-11-7-4-8-12-17/h2-12,20H,1,13-15H2,(H,21,22). The highest BCUT2D eigenvalue weighted by atomic mass is 16.4. The van der Waals surface area contributed by atoms with Crippen molar-refractivity contribution in [1.29, 1.82) is 0 Å². The van der Waals surface area contributed by atoms with E-state index in [0.29, 0.717) is 12.8 Å². The van der Waals surface area contributed by atoms with E-state index in [0.717, 1.165) is 11.1 Å². The lowest BCUT2D eigenvalue weighted by atomic mass is 9.84. The molecule has 0 radical (unpaired) electrons. The smallest absolute Gasteiger partial charge is 0.317 e. The largest absolute Gasteiger partial charge is 0.480 e. The average Bonchev–Trinajstić information content (AvgIpc) is 2.54. The highest BCUT2D eigenvalue weighted by Crippen LogP contribution is 2.20. The maximum Gasteiger partial charge on any atom is 0.317 e. The van der Waals surface area contributed by atoms with Crippen LogP contribution in [0, 0.1) is 0 Å². The van der Waals surface area contributed by atoms with E-state index in [2.05, 4.69) is 11.9 Å². The van der Waals surface area contributed by atoms with E-state index in [-0.39, 0.29) is 6.54 Å². The number of rotatable bonds is 8. The second-order valence-corrected chi connectivity index (χ2v) is 5.43. The molecule has 0 heterocycles. The third kappa shape index (κ3) is 4.57. The van der Waals surface area contributed by atoms with Gasteiger partial charge in [-0.1, -0.05) is 66.7 Å². The number of nitrogens with one attached hydrogen (secondary N) is 1. The summed E-state index contributed by atoms with van der Waals surface area (Å²) >= 11 is 0. The Kier molecular flexibility index (Phi) is 5.50. The molecule has 114 valence electrons. The van der Waals surface area contributed by atoms with Gasteiger partial charge in [0.2, 0.25) is 0 Å². The lowest BCUT2D eigenvalue weighted by molar-refractivity contribution is -0.136. The van der Waals surface area contributed by atoms with Crippen molar-refractivity contribution in [2.24, 2.45) is 0 Å². The number of hydrogen-bond donors (Lipinski definition) is 2. The molecule has 0 spiro atoms. The molecule has 0 aliphatic heterocycles. The third-order valence-corrected chi connectivity index (χ3v) is 3.71. The first-order chi connectivity index (χ1) is 10.6. The van der Waals surface area contributed by atoms with Gasteiger partial charge in [0, 0.05) is 5.54 Å². The molecular formula is C19H21NO2. The maximum absolute atomic E-state index is 11.0. The van der Waals surface area contributed by atoms with E-state index in [9.17, 15) is 4.79 Å². The van der Waals surface area contributed by atoms with Crippen LogP contribution in [-0.2, 0) is 17.6 Å². The minimum Gasteiger partial charge on any atom is -0.480 e. The molecule has 0 aromatic heterocycles. The number of benzene rings is 2. The molecule has 2 rings (SSSR count). The molecule has 0 aliphatic carbocycles. The van der Waals surface area contributed by atoms with Crippen LogP contribution in [0.4, 0.5) is 0 Å². The summed E-state index contributed by atoms with van der Waals surface area (Å²) in [6, 6.07) is 20.1. The van der Waals surface area contributed by atoms with Gasteiger partial charge in [0.25, 0.3) is 0 Å². The van der Waals surface area contributed by atoms with Crippen molar-refractivity contribution in [3.05, 3.63) is 84.4 Å². The Morgan fingerprint density at radius 1 is 1.00 bits per heavy atom. The van der Waals surface area contributed by atoms with Crippen LogP contribution in [0.1, 0.15) is 11.1 Å². The summed E-state index contributed by atoms with van der Waals surface area (Å²) in [6.07, 6.45) is 3.22. The zero-order valence-corrected chi connectivity index (χ0v) is 12.5.